The van der Waals surface area contributed by atoms with E-state index < -0.39 is 63.8 Å². The number of phenolic OH excluding ortho intramolecular Hbond substituents is 1. The molecule has 0 spiro atoms. The molecule has 1 aliphatic heterocycles. The topological polar surface area (TPSA) is 197 Å². The quantitative estimate of drug-likeness (QED) is 0.198. The molecule has 3 unspecified atom stereocenters. The minimum atomic E-state index is -2.72. The molecule has 1 heterocycles. The third kappa shape index (κ3) is 4.34. The maximum Gasteiger partial charge on any atom is 0.255 e. The Kier molecular flexibility index (Phi) is 7.32. The average molecular weight is 584 g/mol. The van der Waals surface area contributed by atoms with Crippen LogP contribution in [0.5, 0.6) is 5.75 Å². The Labute approximate surface area is 242 Å². The minimum absolute atomic E-state index is 0.00624. The van der Waals surface area contributed by atoms with Crippen molar-refractivity contribution in [2.24, 2.45) is 17.6 Å². The van der Waals surface area contributed by atoms with Crippen LogP contribution in [0.2, 0.25) is 0 Å². The van der Waals surface area contributed by atoms with Gasteiger partial charge in [-0.25, -0.2) is 0 Å². The van der Waals surface area contributed by atoms with E-state index in [1.54, 1.807) is 39.2 Å². The predicted molar refractivity (Wildman–Crippen MR) is 152 cm³/mol. The number of fused-ring (bicyclic) bond motifs is 3. The highest BCUT2D eigenvalue weighted by atomic mass is 16.3. The molecule has 4 atom stereocenters. The number of carbonyl (C=O) groups excluding carboxylic acids is 4. The van der Waals surface area contributed by atoms with Gasteiger partial charge >= 0.3 is 0 Å². The highest BCUT2D eigenvalue weighted by Gasteiger charge is 2.63. The Bertz CT molecular complexity index is 1460. The van der Waals surface area contributed by atoms with Crippen molar-refractivity contribution in [3.8, 4) is 5.75 Å². The molecule has 1 aromatic carbocycles. The zero-order chi connectivity index (χ0) is 30.8. The number of allylic oxidation sites excluding steroid dienone is 1. The Morgan fingerprint density at radius 2 is 1.76 bits per heavy atom. The first-order valence-electron chi connectivity index (χ1n) is 13.9. The van der Waals surface area contributed by atoms with Gasteiger partial charge in [0.15, 0.2) is 17.1 Å². The third-order valence-corrected chi connectivity index (χ3v) is 9.02. The van der Waals surface area contributed by atoms with Crippen LogP contribution in [0, 0.1) is 11.8 Å². The Morgan fingerprint density at radius 1 is 1.12 bits per heavy atom. The Balaban J connectivity index is 1.63. The largest absolute Gasteiger partial charge is 0.510 e. The maximum atomic E-state index is 14.1. The number of hydrogen-bond acceptors (Lipinski definition) is 11. The van der Waals surface area contributed by atoms with E-state index in [0.29, 0.717) is 11.3 Å². The summed E-state index contributed by atoms with van der Waals surface area (Å²) in [6.45, 7) is 1.71. The van der Waals surface area contributed by atoms with E-state index in [-0.39, 0.29) is 42.1 Å². The van der Waals surface area contributed by atoms with E-state index in [1.165, 1.54) is 4.90 Å². The van der Waals surface area contributed by atoms with Crippen LogP contribution in [0.1, 0.15) is 35.2 Å². The van der Waals surface area contributed by atoms with Crippen LogP contribution in [0.3, 0.4) is 0 Å². The molecule has 7 N–H and O–H groups in total. The van der Waals surface area contributed by atoms with Crippen molar-refractivity contribution >= 4 is 34.8 Å². The molecule has 2 amide bonds. The Morgan fingerprint density at radius 3 is 2.33 bits per heavy atom. The second-order valence-corrected chi connectivity index (χ2v) is 12.0. The first kappa shape index (κ1) is 29.5. The second kappa shape index (κ2) is 10.4. The summed E-state index contributed by atoms with van der Waals surface area (Å²) in [6.07, 6.45) is 2.14. The lowest BCUT2D eigenvalue weighted by atomic mass is 9.58. The maximum absolute atomic E-state index is 14.1. The van der Waals surface area contributed by atoms with E-state index in [9.17, 15) is 39.6 Å². The molecule has 0 bridgehead atoms. The van der Waals surface area contributed by atoms with Crippen LogP contribution in [-0.2, 0) is 20.8 Å². The zero-order valence-corrected chi connectivity index (χ0v) is 24.1. The minimum Gasteiger partial charge on any atom is -0.510 e. The highest BCUT2D eigenvalue weighted by Crippen LogP contribution is 2.53. The molecule has 1 aromatic rings. The summed E-state index contributed by atoms with van der Waals surface area (Å²) in [6, 6.07) is 0.530. The first-order valence-corrected chi connectivity index (χ1v) is 13.9. The molecular weight excluding hydrogens is 546 g/mol. The van der Waals surface area contributed by atoms with Gasteiger partial charge in [-0.2, -0.15) is 0 Å². The number of likely N-dealkylation sites (tertiary alicyclic amines) is 1. The number of carbonyl (C=O) groups is 4. The van der Waals surface area contributed by atoms with Crippen molar-refractivity contribution in [2.75, 3.05) is 58.0 Å². The van der Waals surface area contributed by atoms with Crippen molar-refractivity contribution in [1.29, 1.82) is 0 Å². The van der Waals surface area contributed by atoms with Gasteiger partial charge in [0.05, 0.1) is 23.8 Å². The summed E-state index contributed by atoms with van der Waals surface area (Å²) >= 11 is 0. The molecule has 4 aliphatic rings. The van der Waals surface area contributed by atoms with Crippen LogP contribution in [-0.4, -0.2) is 113 Å². The van der Waals surface area contributed by atoms with Gasteiger partial charge in [0.25, 0.3) is 5.91 Å². The average Bonchev–Trinajstić information content (AvgIpc) is 3.40. The number of Topliss-reactive ketones (excluding diaryl/α,β-unsaturated/α-hetero) is 2. The van der Waals surface area contributed by atoms with Crippen molar-refractivity contribution in [1.82, 2.24) is 9.80 Å². The number of amides is 2. The van der Waals surface area contributed by atoms with Gasteiger partial charge in [-0.15, -0.1) is 0 Å². The third-order valence-electron chi connectivity index (χ3n) is 9.02. The van der Waals surface area contributed by atoms with E-state index in [4.69, 9.17) is 5.73 Å². The van der Waals surface area contributed by atoms with Gasteiger partial charge in [-0.05, 0) is 70.4 Å². The van der Waals surface area contributed by atoms with Gasteiger partial charge in [0.1, 0.15) is 17.1 Å². The fraction of sp³-hybridized carbons (Fsp3) is 0.517. The van der Waals surface area contributed by atoms with E-state index in [0.717, 1.165) is 25.9 Å². The SMILES string of the molecule is CN(C)c1cc(NC(=O)CN2CCCC2)c(O)c2c1CC1CC3[C@H](N(C)C)C(O)=C(C(N)=O)C(=O)C3(O)C(O)=C1C2=O. The summed E-state index contributed by atoms with van der Waals surface area (Å²) in [5, 5.41) is 48.2. The van der Waals surface area contributed by atoms with Crippen molar-refractivity contribution in [3.63, 3.8) is 0 Å². The lowest BCUT2D eigenvalue weighted by Gasteiger charge is -2.50. The van der Waals surface area contributed by atoms with Crippen molar-refractivity contribution < 1.29 is 39.6 Å². The molecular formula is C29H37N5O8. The molecule has 13 heteroatoms. The summed E-state index contributed by atoms with van der Waals surface area (Å²) < 4.78 is 0. The van der Waals surface area contributed by atoms with Gasteiger partial charge in [-0.3, -0.25) is 29.0 Å². The van der Waals surface area contributed by atoms with E-state index >= 15 is 0 Å². The number of likely N-dealkylation sites (N-methyl/N-ethyl adjacent to an activating group) is 1. The number of hydrogen-bond donors (Lipinski definition) is 6. The summed E-state index contributed by atoms with van der Waals surface area (Å²) in [4.78, 5) is 57.8. The van der Waals surface area contributed by atoms with Crippen molar-refractivity contribution in [3.05, 3.63) is 39.9 Å². The molecule has 0 saturated carbocycles. The van der Waals surface area contributed by atoms with Crippen LogP contribution >= 0.6 is 0 Å². The number of rotatable bonds is 6. The summed E-state index contributed by atoms with van der Waals surface area (Å²) in [5.74, 6) is -7.58. The number of aromatic hydroxyl groups is 1. The lowest BCUT2D eigenvalue weighted by molar-refractivity contribution is -0.148. The number of nitrogens with two attached hydrogens (primary N) is 1. The molecule has 13 nitrogen and oxygen atoms in total. The van der Waals surface area contributed by atoms with Crippen LogP contribution in [0.4, 0.5) is 11.4 Å². The monoisotopic (exact) mass is 583 g/mol. The predicted octanol–water partition coefficient (Wildman–Crippen LogP) is 0.221. The van der Waals surface area contributed by atoms with E-state index in [2.05, 4.69) is 5.32 Å². The molecule has 1 fully saturated rings. The van der Waals surface area contributed by atoms with Crippen molar-refractivity contribution in [2.45, 2.75) is 37.3 Å². The number of aliphatic hydroxyl groups is 3. The number of ketones is 2. The number of phenols is 1. The fourth-order valence-electron chi connectivity index (χ4n) is 7.13. The van der Waals surface area contributed by atoms with E-state index in [1.807, 2.05) is 4.90 Å². The molecule has 3 aliphatic carbocycles. The molecule has 0 aromatic heterocycles. The first-order chi connectivity index (χ1) is 19.7. The number of aliphatic hydroxyl groups excluding tert-OH is 2. The number of nitrogens with one attached hydrogen (secondary N) is 1. The zero-order valence-electron chi connectivity index (χ0n) is 24.1. The number of primary amides is 1. The molecule has 5 rings (SSSR count). The summed E-state index contributed by atoms with van der Waals surface area (Å²) in [7, 11) is 6.67. The van der Waals surface area contributed by atoms with Crippen LogP contribution in [0.15, 0.2) is 28.7 Å². The molecule has 1 saturated heterocycles. The van der Waals surface area contributed by atoms with Crippen LogP contribution < -0.4 is 16.0 Å². The molecule has 226 valence electrons. The van der Waals surface area contributed by atoms with Gasteiger partial charge < -0.3 is 36.4 Å². The molecule has 42 heavy (non-hydrogen) atoms. The number of nitrogens with zero attached hydrogens (tertiary/aromatic N) is 3. The molecule has 0 radical (unpaired) electrons. The normalized spacial score (nSPS) is 27.6. The van der Waals surface area contributed by atoms with Gasteiger partial charge in [-0.1, -0.05) is 0 Å². The van der Waals surface area contributed by atoms with Crippen LogP contribution in [0.25, 0.3) is 0 Å². The fourth-order valence-corrected chi connectivity index (χ4v) is 7.13. The standard InChI is InChI=1S/C29H37N5O8/c1-32(2)17-11-16(31-18(35)12-34-7-5-6-8-34)23(36)20-14(17)9-13-10-15-22(33(3)4)25(38)21(28(30)41)27(40)29(15,42)26(39)19(13)24(20)37/h11,13,15,22,36,38-39,42H,5-10,12H2,1-4H3,(H2,30,41)(H,31,35)/t13?,15?,22-,29?/m0/s1. The smallest absolute Gasteiger partial charge is 0.255 e. The lowest BCUT2D eigenvalue weighted by Crippen LogP contribution is -2.63. The summed E-state index contributed by atoms with van der Waals surface area (Å²) in [5.41, 5.74) is 2.47. The Hall–Kier alpha value is -3.94. The number of anilines is 2. The highest BCUT2D eigenvalue weighted by molar-refractivity contribution is 6.25. The second-order valence-electron chi connectivity index (χ2n) is 12.0. The number of benzene rings is 1. The van der Waals surface area contributed by atoms with Gasteiger partial charge in [0.2, 0.25) is 11.7 Å². The van der Waals surface area contributed by atoms with Gasteiger partial charge in [0, 0.05) is 31.3 Å².